The Balaban J connectivity index is 0. The second kappa shape index (κ2) is 5.52. The van der Waals surface area contributed by atoms with Crippen molar-refractivity contribution in [1.82, 2.24) is 0 Å². The van der Waals surface area contributed by atoms with Crippen LogP contribution < -0.4 is 51.4 Å². The predicted molar refractivity (Wildman–Crippen MR) is 40.9 cm³/mol. The Morgan fingerprint density at radius 1 is 1.30 bits per heavy atom. The van der Waals surface area contributed by atoms with Crippen molar-refractivity contribution in [2.45, 2.75) is 0 Å². The van der Waals surface area contributed by atoms with Crippen molar-refractivity contribution in [3.05, 3.63) is 35.9 Å². The van der Waals surface area contributed by atoms with Crippen LogP contribution in [0.1, 0.15) is 11.8 Å². The molecule has 10 heavy (non-hydrogen) atoms. The molecule has 0 heterocycles. The summed E-state index contributed by atoms with van der Waals surface area (Å²) in [5.74, 6) is 0. The van der Waals surface area contributed by atoms with E-state index < -0.39 is 0 Å². The Morgan fingerprint density at radius 2 is 1.80 bits per heavy atom. The molecule has 0 aromatic heterocycles. The smallest absolute Gasteiger partial charge is 1.00 e. The summed E-state index contributed by atoms with van der Waals surface area (Å²) in [6.07, 6.45) is 0. The van der Waals surface area contributed by atoms with E-state index >= 15 is 0 Å². The Hall–Kier alpha value is 0.876. The molecule has 0 aliphatic carbocycles. The first-order valence-corrected chi connectivity index (χ1v) is 3.04. The summed E-state index contributed by atoms with van der Waals surface area (Å²) in [6.45, 7) is 0. The summed E-state index contributed by atoms with van der Waals surface area (Å²) in [7, 11) is 0. The third-order valence-corrected chi connectivity index (χ3v) is 1.28. The summed E-state index contributed by atoms with van der Waals surface area (Å²) in [6, 6.07) is 8.94. The first-order chi connectivity index (χ1) is 4.30. The minimum Gasteiger partial charge on any atom is -1.00 e. The van der Waals surface area contributed by atoms with Gasteiger partial charge in [-0.15, -0.1) is 12.6 Å². The van der Waals surface area contributed by atoms with E-state index in [4.69, 9.17) is 0 Å². The van der Waals surface area contributed by atoms with Crippen molar-refractivity contribution in [2.24, 2.45) is 0 Å². The second-order valence-corrected chi connectivity index (χ2v) is 2.08. The molecular formula is C7H7KOS. The number of rotatable bonds is 1. The van der Waals surface area contributed by atoms with Crippen molar-refractivity contribution in [3.8, 4) is 0 Å². The van der Waals surface area contributed by atoms with Crippen LogP contribution in [0, 0.1) is 0 Å². The molecule has 0 saturated heterocycles. The average molecular weight is 178 g/mol. The molecule has 0 N–H and O–H groups in total. The van der Waals surface area contributed by atoms with Crippen molar-refractivity contribution in [1.29, 1.82) is 0 Å². The predicted octanol–water partition coefficient (Wildman–Crippen LogP) is -1.13. The zero-order valence-corrected chi connectivity index (χ0v) is 9.76. The van der Waals surface area contributed by atoms with Gasteiger partial charge in [0.1, 0.15) is 0 Å². The minimum absolute atomic E-state index is 0. The van der Waals surface area contributed by atoms with Crippen LogP contribution in [0.25, 0.3) is 0 Å². The fraction of sp³-hybridized carbons (Fsp3) is 0. The monoisotopic (exact) mass is 178 g/mol. The molecule has 0 bridgehead atoms. The largest absolute Gasteiger partial charge is 1.00 e. The summed E-state index contributed by atoms with van der Waals surface area (Å²) >= 11 is 3.65. The SMILES string of the molecule is O=C(S)c1ccccc1.[H-].[K+]. The molecule has 0 fully saturated rings. The Kier molecular flexibility index (Phi) is 6.00. The molecule has 0 spiro atoms. The fourth-order valence-corrected chi connectivity index (χ4v) is 0.730. The van der Waals surface area contributed by atoms with Crippen LogP contribution >= 0.6 is 12.6 Å². The van der Waals surface area contributed by atoms with Crippen LogP contribution in [0.4, 0.5) is 0 Å². The summed E-state index contributed by atoms with van der Waals surface area (Å²) < 4.78 is 0. The van der Waals surface area contributed by atoms with Crippen LogP contribution in [-0.2, 0) is 0 Å². The van der Waals surface area contributed by atoms with E-state index in [1.807, 2.05) is 18.2 Å². The van der Waals surface area contributed by atoms with E-state index in [9.17, 15) is 4.79 Å². The zero-order valence-electron chi connectivity index (χ0n) is 6.74. The maximum absolute atomic E-state index is 10.5. The van der Waals surface area contributed by atoms with Crippen molar-refractivity contribution in [2.75, 3.05) is 0 Å². The third kappa shape index (κ3) is 3.32. The molecular weight excluding hydrogens is 171 g/mol. The summed E-state index contributed by atoms with van der Waals surface area (Å²) in [5, 5.41) is -0.185. The molecule has 0 atom stereocenters. The van der Waals surface area contributed by atoms with Crippen LogP contribution in [0.5, 0.6) is 0 Å². The van der Waals surface area contributed by atoms with Gasteiger partial charge in [-0.05, 0) is 0 Å². The standard InChI is InChI=1S/C7H6OS.K.H/c8-7(9)6-4-2-1-3-5-6;;/h1-5H,(H,8,9);;/q;+1;-1. The maximum atomic E-state index is 10.5. The van der Waals surface area contributed by atoms with Gasteiger partial charge in [0.15, 0.2) is 0 Å². The van der Waals surface area contributed by atoms with Gasteiger partial charge in [0.05, 0.1) is 0 Å². The van der Waals surface area contributed by atoms with Gasteiger partial charge in [-0.3, -0.25) is 4.79 Å². The second-order valence-electron chi connectivity index (χ2n) is 1.67. The van der Waals surface area contributed by atoms with Gasteiger partial charge in [-0.1, -0.05) is 30.3 Å². The number of carbonyl (C=O) groups is 1. The van der Waals surface area contributed by atoms with Crippen molar-refractivity contribution in [3.63, 3.8) is 0 Å². The molecule has 0 aliphatic rings. The van der Waals surface area contributed by atoms with E-state index in [0.717, 1.165) is 0 Å². The van der Waals surface area contributed by atoms with E-state index in [1.165, 1.54) is 0 Å². The van der Waals surface area contributed by atoms with Crippen molar-refractivity contribution < 1.29 is 57.6 Å². The summed E-state index contributed by atoms with van der Waals surface area (Å²) in [5.41, 5.74) is 0.640. The van der Waals surface area contributed by atoms with Crippen LogP contribution in [0.2, 0.25) is 0 Å². The molecule has 1 rings (SSSR count). The molecule has 1 aromatic rings. The topological polar surface area (TPSA) is 17.1 Å². The fourth-order valence-electron chi connectivity index (χ4n) is 0.581. The van der Waals surface area contributed by atoms with Crippen LogP contribution in [0.15, 0.2) is 30.3 Å². The van der Waals surface area contributed by atoms with Gasteiger partial charge in [-0.25, -0.2) is 0 Å². The molecule has 0 unspecified atom stereocenters. The molecule has 0 amide bonds. The zero-order chi connectivity index (χ0) is 6.69. The molecule has 3 heteroatoms. The quantitative estimate of drug-likeness (QED) is 0.425. The molecule has 0 radical (unpaired) electrons. The molecule has 1 aromatic carbocycles. The molecule has 0 saturated carbocycles. The molecule has 1 nitrogen and oxygen atoms in total. The van der Waals surface area contributed by atoms with E-state index in [0.29, 0.717) is 5.56 Å². The minimum atomic E-state index is -0.185. The first-order valence-electron chi connectivity index (χ1n) is 2.59. The molecule has 0 aliphatic heterocycles. The molecule has 48 valence electrons. The summed E-state index contributed by atoms with van der Waals surface area (Å²) in [4.78, 5) is 10.5. The van der Waals surface area contributed by atoms with Gasteiger partial charge in [0, 0.05) is 5.56 Å². The van der Waals surface area contributed by atoms with E-state index in [1.54, 1.807) is 12.1 Å². The third-order valence-electron chi connectivity index (χ3n) is 1.02. The van der Waals surface area contributed by atoms with Gasteiger partial charge in [-0.2, -0.15) is 0 Å². The number of thiol groups is 1. The maximum Gasteiger partial charge on any atom is 1.00 e. The number of carbonyl (C=O) groups excluding carboxylic acids is 1. The van der Waals surface area contributed by atoms with Crippen LogP contribution in [-0.4, -0.2) is 5.12 Å². The average Bonchev–Trinajstić information content (AvgIpc) is 1.90. The van der Waals surface area contributed by atoms with E-state index in [2.05, 4.69) is 12.6 Å². The normalized spacial score (nSPS) is 8.10. The Labute approximate surface area is 110 Å². The Bertz CT molecular complexity index is 215. The van der Waals surface area contributed by atoms with Gasteiger partial charge >= 0.3 is 51.4 Å². The van der Waals surface area contributed by atoms with Crippen molar-refractivity contribution >= 4 is 17.7 Å². The number of benzene rings is 1. The van der Waals surface area contributed by atoms with Gasteiger partial charge in [0.2, 0.25) is 5.12 Å². The van der Waals surface area contributed by atoms with Gasteiger partial charge in [0.25, 0.3) is 0 Å². The van der Waals surface area contributed by atoms with Crippen LogP contribution in [0.3, 0.4) is 0 Å². The van der Waals surface area contributed by atoms with Gasteiger partial charge < -0.3 is 1.43 Å². The Morgan fingerprint density at radius 3 is 2.10 bits per heavy atom. The number of hydrogen-bond acceptors (Lipinski definition) is 1. The number of hydrogen-bond donors (Lipinski definition) is 1. The van der Waals surface area contributed by atoms with E-state index in [-0.39, 0.29) is 57.9 Å². The first kappa shape index (κ1) is 10.9.